The maximum atomic E-state index is 13.4. The van der Waals surface area contributed by atoms with Crippen molar-refractivity contribution in [1.29, 1.82) is 0 Å². The maximum Gasteiger partial charge on any atom is 0.408 e. The van der Waals surface area contributed by atoms with Crippen LogP contribution in [-0.2, 0) is 18.4 Å². The molecule has 0 heterocycles. The Kier molecular flexibility index (Phi) is 34.6. The van der Waals surface area contributed by atoms with E-state index in [2.05, 4.69) is 38.2 Å². The Morgan fingerprint density at radius 1 is 0.522 bits per heavy atom. The third kappa shape index (κ3) is 31.6. The molecule has 0 aromatic rings. The molecule has 0 radical (unpaired) electrons. The largest absolute Gasteiger partial charge is 0.480 e. The molecule has 6 nitrogen and oxygen atoms in total. The number of carboxylic acid groups (broad SMARTS) is 1. The highest BCUT2D eigenvalue weighted by molar-refractivity contribution is 7.51. The Morgan fingerprint density at radius 3 is 1.11 bits per heavy atom. The van der Waals surface area contributed by atoms with Gasteiger partial charge in [-0.05, 0) is 71.3 Å². The second-order valence-electron chi connectivity index (χ2n) is 13.2. The first-order chi connectivity index (χ1) is 22.5. The zero-order valence-corrected chi connectivity index (χ0v) is 31.6. The van der Waals surface area contributed by atoms with E-state index < -0.39 is 13.7 Å². The number of carbonyl (C=O) groups is 1. The zero-order valence-electron chi connectivity index (χ0n) is 30.7. The highest BCUT2D eigenvalue weighted by atomic mass is 31.2. The van der Waals surface area contributed by atoms with E-state index in [-0.39, 0.29) is 6.54 Å². The van der Waals surface area contributed by atoms with Crippen molar-refractivity contribution in [3.8, 4) is 0 Å². The number of hydrogen-bond acceptors (Lipinski definition) is 4. The van der Waals surface area contributed by atoms with Crippen molar-refractivity contribution < 1.29 is 23.5 Å². The SMILES string of the molecule is CCCCCCCCC=CCCCCCCCCOP(=O)(OCCCCCCCCC=CCCCCCCCC)N(C)CC(=O)O. The molecule has 7 heteroatoms. The lowest BCUT2D eigenvalue weighted by molar-refractivity contribution is -0.137. The van der Waals surface area contributed by atoms with Crippen molar-refractivity contribution in [3.05, 3.63) is 24.3 Å². The van der Waals surface area contributed by atoms with Crippen molar-refractivity contribution in [2.75, 3.05) is 26.8 Å². The number of aliphatic carboxylic acids is 1. The molecule has 0 aromatic carbocycles. The van der Waals surface area contributed by atoms with Gasteiger partial charge in [0.15, 0.2) is 0 Å². The van der Waals surface area contributed by atoms with Crippen LogP contribution in [0.1, 0.15) is 194 Å². The number of allylic oxidation sites excluding steroid dienone is 4. The summed E-state index contributed by atoms with van der Waals surface area (Å²) in [5.41, 5.74) is 0. The smallest absolute Gasteiger partial charge is 0.408 e. The normalized spacial score (nSPS) is 13.4. The lowest BCUT2D eigenvalue weighted by Crippen LogP contribution is -2.25. The Bertz CT molecular complexity index is 709. The molecule has 46 heavy (non-hydrogen) atoms. The van der Waals surface area contributed by atoms with Crippen LogP contribution < -0.4 is 0 Å². The summed E-state index contributed by atoms with van der Waals surface area (Å²) in [5.74, 6) is -1.04. The predicted octanol–water partition coefficient (Wildman–Crippen LogP) is 13.2. The molecule has 0 rings (SSSR count). The van der Waals surface area contributed by atoms with E-state index in [4.69, 9.17) is 9.05 Å². The van der Waals surface area contributed by atoms with Gasteiger partial charge in [-0.15, -0.1) is 0 Å². The summed E-state index contributed by atoms with van der Waals surface area (Å²) in [6.45, 7) is 4.82. The first kappa shape index (κ1) is 45.1. The highest BCUT2D eigenvalue weighted by Crippen LogP contribution is 2.51. The van der Waals surface area contributed by atoms with Crippen molar-refractivity contribution in [2.24, 2.45) is 0 Å². The molecule has 0 unspecified atom stereocenters. The van der Waals surface area contributed by atoms with Gasteiger partial charge < -0.3 is 5.11 Å². The summed E-state index contributed by atoms with van der Waals surface area (Å²) in [5, 5.41) is 9.21. The zero-order chi connectivity index (χ0) is 33.8. The van der Waals surface area contributed by atoms with E-state index in [0.29, 0.717) is 13.2 Å². The molecule has 0 saturated carbocycles. The molecule has 0 atom stereocenters. The fourth-order valence-corrected chi connectivity index (χ4v) is 7.06. The number of likely N-dealkylation sites (N-methyl/N-ethyl adjacent to an activating group) is 1. The van der Waals surface area contributed by atoms with Crippen LogP contribution >= 0.6 is 7.75 Å². The molecular formula is C39H76NO5P. The van der Waals surface area contributed by atoms with Gasteiger partial charge in [0.1, 0.15) is 6.54 Å². The molecule has 272 valence electrons. The van der Waals surface area contributed by atoms with Crippen LogP contribution in [-0.4, -0.2) is 42.6 Å². The minimum atomic E-state index is -3.61. The number of unbranched alkanes of at least 4 members (excludes halogenated alkanes) is 24. The Morgan fingerprint density at radius 2 is 0.804 bits per heavy atom. The van der Waals surface area contributed by atoms with Gasteiger partial charge in [0.25, 0.3) is 0 Å². The van der Waals surface area contributed by atoms with Crippen LogP contribution in [0.2, 0.25) is 0 Å². The van der Waals surface area contributed by atoms with Gasteiger partial charge in [-0.2, -0.15) is 0 Å². The molecule has 0 fully saturated rings. The van der Waals surface area contributed by atoms with E-state index in [9.17, 15) is 14.5 Å². The first-order valence-electron chi connectivity index (χ1n) is 19.6. The Hall–Kier alpha value is -0.940. The van der Waals surface area contributed by atoms with E-state index in [0.717, 1.165) is 38.5 Å². The van der Waals surface area contributed by atoms with Gasteiger partial charge in [0, 0.05) is 0 Å². The van der Waals surface area contributed by atoms with Gasteiger partial charge in [0.2, 0.25) is 0 Å². The lowest BCUT2D eigenvalue weighted by Gasteiger charge is -2.25. The average molecular weight is 670 g/mol. The van der Waals surface area contributed by atoms with Gasteiger partial charge in [-0.25, -0.2) is 9.24 Å². The molecule has 0 spiro atoms. The quantitative estimate of drug-likeness (QED) is 0.0403. The number of nitrogens with zero attached hydrogens (tertiary/aromatic N) is 1. The third-order valence-corrected chi connectivity index (χ3v) is 10.6. The van der Waals surface area contributed by atoms with Crippen molar-refractivity contribution in [2.45, 2.75) is 194 Å². The molecule has 0 aromatic heterocycles. The molecule has 0 aliphatic carbocycles. The third-order valence-electron chi connectivity index (χ3n) is 8.60. The highest BCUT2D eigenvalue weighted by Gasteiger charge is 2.32. The topological polar surface area (TPSA) is 76.1 Å². The van der Waals surface area contributed by atoms with Gasteiger partial charge in [-0.1, -0.05) is 154 Å². The Labute approximate surface area is 286 Å². The van der Waals surface area contributed by atoms with Gasteiger partial charge >= 0.3 is 13.7 Å². The molecular weight excluding hydrogens is 593 g/mol. The summed E-state index contributed by atoms with van der Waals surface area (Å²) in [4.78, 5) is 11.2. The van der Waals surface area contributed by atoms with Crippen LogP contribution in [0.15, 0.2) is 24.3 Å². The monoisotopic (exact) mass is 670 g/mol. The van der Waals surface area contributed by atoms with Crippen molar-refractivity contribution >= 4 is 13.7 Å². The minimum absolute atomic E-state index is 0.329. The number of carboxylic acids is 1. The standard InChI is InChI=1S/C39H76NO5P/c1-4-6-8-10-12-14-16-18-20-22-24-26-28-30-32-34-36-44-46(43,40(3)38-39(41)42)45-37-35-33-31-29-27-25-23-21-19-17-15-13-11-9-7-5-2/h18-21H,4-17,22-38H2,1-3H3,(H,41,42). The summed E-state index contributed by atoms with van der Waals surface area (Å²) < 4.78 is 26.0. The van der Waals surface area contributed by atoms with Crippen LogP contribution in [0.3, 0.4) is 0 Å². The van der Waals surface area contributed by atoms with Crippen molar-refractivity contribution in [3.63, 3.8) is 0 Å². The van der Waals surface area contributed by atoms with E-state index in [1.807, 2.05) is 0 Å². The number of hydrogen-bond donors (Lipinski definition) is 1. The molecule has 0 aliphatic rings. The minimum Gasteiger partial charge on any atom is -0.480 e. The fraction of sp³-hybridized carbons (Fsp3) is 0.872. The summed E-state index contributed by atoms with van der Waals surface area (Å²) in [7, 11) is -2.09. The molecule has 0 bridgehead atoms. The lowest BCUT2D eigenvalue weighted by atomic mass is 10.1. The van der Waals surface area contributed by atoms with Gasteiger partial charge in [-0.3, -0.25) is 13.8 Å². The summed E-state index contributed by atoms with van der Waals surface area (Å²) in [6, 6.07) is 0. The molecule has 1 N–H and O–H groups in total. The number of rotatable bonds is 37. The average Bonchev–Trinajstić information content (AvgIpc) is 3.03. The summed E-state index contributed by atoms with van der Waals surface area (Å²) in [6.07, 6.45) is 43.8. The Balaban J connectivity index is 3.89. The predicted molar refractivity (Wildman–Crippen MR) is 199 cm³/mol. The molecule has 0 saturated heterocycles. The van der Waals surface area contributed by atoms with E-state index in [1.165, 1.54) is 153 Å². The molecule has 0 amide bonds. The van der Waals surface area contributed by atoms with E-state index >= 15 is 0 Å². The van der Waals surface area contributed by atoms with E-state index in [1.54, 1.807) is 0 Å². The summed E-state index contributed by atoms with van der Waals surface area (Å²) >= 11 is 0. The van der Waals surface area contributed by atoms with Gasteiger partial charge in [0.05, 0.1) is 13.2 Å². The van der Waals surface area contributed by atoms with Crippen molar-refractivity contribution in [1.82, 2.24) is 4.67 Å². The molecule has 0 aliphatic heterocycles. The van der Waals surface area contributed by atoms with Crippen LogP contribution in [0.5, 0.6) is 0 Å². The second-order valence-corrected chi connectivity index (χ2v) is 15.4. The van der Waals surface area contributed by atoms with Crippen LogP contribution in [0, 0.1) is 0 Å². The van der Waals surface area contributed by atoms with Crippen LogP contribution in [0.25, 0.3) is 0 Å². The first-order valence-corrected chi connectivity index (χ1v) is 21.1. The fourth-order valence-electron chi connectivity index (χ4n) is 5.58. The van der Waals surface area contributed by atoms with Crippen LogP contribution in [0.4, 0.5) is 0 Å². The second kappa shape index (κ2) is 35.4. The maximum absolute atomic E-state index is 13.4.